The lowest BCUT2D eigenvalue weighted by atomic mass is 9.94. The molecule has 2 amide bonds. The van der Waals surface area contributed by atoms with Gasteiger partial charge in [0.15, 0.2) is 0 Å². The monoisotopic (exact) mass is 252 g/mol. The molecule has 1 aliphatic carbocycles. The normalized spacial score (nSPS) is 33.1. The molecular formula is C13H20N2O3. The van der Waals surface area contributed by atoms with Crippen LogP contribution in [-0.4, -0.2) is 53.6 Å². The number of carbonyl (C=O) groups excluding carboxylic acids is 2. The minimum Gasteiger partial charge on any atom is -0.378 e. The van der Waals surface area contributed by atoms with Crippen LogP contribution in [0.3, 0.4) is 0 Å². The zero-order chi connectivity index (χ0) is 12.7. The highest BCUT2D eigenvalue weighted by Gasteiger charge is 2.42. The van der Waals surface area contributed by atoms with E-state index in [0.717, 1.165) is 32.3 Å². The van der Waals surface area contributed by atoms with Crippen LogP contribution in [0.15, 0.2) is 0 Å². The largest absolute Gasteiger partial charge is 0.378 e. The van der Waals surface area contributed by atoms with Crippen molar-refractivity contribution < 1.29 is 14.3 Å². The van der Waals surface area contributed by atoms with Crippen molar-refractivity contribution in [1.82, 2.24) is 9.80 Å². The van der Waals surface area contributed by atoms with Crippen LogP contribution in [0.4, 0.5) is 0 Å². The Bertz CT molecular complexity index is 367. The van der Waals surface area contributed by atoms with Crippen LogP contribution in [0.25, 0.3) is 0 Å². The van der Waals surface area contributed by atoms with Gasteiger partial charge in [-0.15, -0.1) is 0 Å². The van der Waals surface area contributed by atoms with E-state index in [1.165, 1.54) is 0 Å². The summed E-state index contributed by atoms with van der Waals surface area (Å²) in [7, 11) is 0. The third-order valence-electron chi connectivity index (χ3n) is 4.19. The van der Waals surface area contributed by atoms with Crippen molar-refractivity contribution in [3.63, 3.8) is 0 Å². The van der Waals surface area contributed by atoms with Crippen LogP contribution in [0.1, 0.15) is 32.6 Å². The fraction of sp³-hybridized carbons (Fsp3) is 0.846. The van der Waals surface area contributed by atoms with Gasteiger partial charge in [-0.05, 0) is 32.6 Å². The van der Waals surface area contributed by atoms with E-state index in [4.69, 9.17) is 4.74 Å². The maximum Gasteiger partial charge on any atom is 0.243 e. The van der Waals surface area contributed by atoms with Gasteiger partial charge >= 0.3 is 0 Å². The highest BCUT2D eigenvalue weighted by atomic mass is 16.5. The third kappa shape index (κ3) is 2.11. The number of hydrogen-bond acceptors (Lipinski definition) is 3. The summed E-state index contributed by atoms with van der Waals surface area (Å²) in [5, 5.41) is 0. The van der Waals surface area contributed by atoms with Crippen LogP contribution in [0.5, 0.6) is 0 Å². The molecule has 3 rings (SSSR count). The zero-order valence-corrected chi connectivity index (χ0v) is 10.8. The van der Waals surface area contributed by atoms with Crippen molar-refractivity contribution in [2.75, 3.05) is 19.8 Å². The summed E-state index contributed by atoms with van der Waals surface area (Å²) in [5.74, 6) is 0.139. The smallest absolute Gasteiger partial charge is 0.243 e. The lowest BCUT2D eigenvalue weighted by molar-refractivity contribution is -0.143. The Labute approximate surface area is 107 Å². The number of rotatable bonds is 2. The Kier molecular flexibility index (Phi) is 3.01. The molecular weight excluding hydrogens is 232 g/mol. The van der Waals surface area contributed by atoms with E-state index >= 15 is 0 Å². The summed E-state index contributed by atoms with van der Waals surface area (Å²) in [6.07, 6.45) is 3.99. The molecule has 5 nitrogen and oxygen atoms in total. The summed E-state index contributed by atoms with van der Waals surface area (Å²) in [6, 6.07) is 0.398. The number of ether oxygens (including phenoxy) is 1. The molecule has 0 aromatic carbocycles. The minimum absolute atomic E-state index is 0.0173. The fourth-order valence-corrected chi connectivity index (χ4v) is 2.90. The van der Waals surface area contributed by atoms with Gasteiger partial charge in [0.05, 0.1) is 18.7 Å². The molecule has 0 bridgehead atoms. The first-order valence-corrected chi connectivity index (χ1v) is 6.86. The quantitative estimate of drug-likeness (QED) is 0.723. The second-order valence-corrected chi connectivity index (χ2v) is 5.60. The number of amides is 2. The number of nitrogens with zero attached hydrogens (tertiary/aromatic N) is 2. The van der Waals surface area contributed by atoms with Crippen molar-refractivity contribution in [2.45, 2.75) is 44.8 Å². The molecule has 3 fully saturated rings. The van der Waals surface area contributed by atoms with E-state index in [2.05, 4.69) is 0 Å². The summed E-state index contributed by atoms with van der Waals surface area (Å²) in [5.41, 5.74) is 0. The van der Waals surface area contributed by atoms with Gasteiger partial charge < -0.3 is 14.5 Å². The molecule has 0 aromatic heterocycles. The predicted molar refractivity (Wildman–Crippen MR) is 64.6 cm³/mol. The van der Waals surface area contributed by atoms with Crippen LogP contribution >= 0.6 is 0 Å². The molecule has 3 aliphatic rings. The maximum absolute atomic E-state index is 12.4. The highest BCUT2D eigenvalue weighted by Crippen LogP contribution is 2.31. The molecule has 18 heavy (non-hydrogen) atoms. The second kappa shape index (κ2) is 4.53. The van der Waals surface area contributed by atoms with Gasteiger partial charge in [-0.1, -0.05) is 0 Å². The average Bonchev–Trinajstić information content (AvgIpc) is 3.12. The maximum atomic E-state index is 12.4. The summed E-state index contributed by atoms with van der Waals surface area (Å²) >= 11 is 0. The lowest BCUT2D eigenvalue weighted by Crippen LogP contribution is -2.42. The summed E-state index contributed by atoms with van der Waals surface area (Å²) < 4.78 is 5.54. The van der Waals surface area contributed by atoms with E-state index < -0.39 is 0 Å². The topological polar surface area (TPSA) is 49.9 Å². The molecule has 5 heteroatoms. The van der Waals surface area contributed by atoms with Gasteiger partial charge in [-0.3, -0.25) is 9.59 Å². The summed E-state index contributed by atoms with van der Waals surface area (Å²) in [4.78, 5) is 27.8. The van der Waals surface area contributed by atoms with Crippen LogP contribution in [-0.2, 0) is 14.3 Å². The van der Waals surface area contributed by atoms with E-state index in [-0.39, 0.29) is 30.4 Å². The molecule has 1 saturated carbocycles. The Morgan fingerprint density at radius 1 is 1.33 bits per heavy atom. The molecule has 2 aliphatic heterocycles. The molecule has 0 unspecified atom stereocenters. The van der Waals surface area contributed by atoms with Gasteiger partial charge in [0, 0.05) is 12.6 Å². The first-order valence-electron chi connectivity index (χ1n) is 6.86. The van der Waals surface area contributed by atoms with Gasteiger partial charge in [0.1, 0.15) is 6.54 Å². The molecule has 2 heterocycles. The number of hydrogen-bond donors (Lipinski definition) is 0. The van der Waals surface area contributed by atoms with Crippen molar-refractivity contribution in [3.8, 4) is 0 Å². The molecule has 0 spiro atoms. The molecule has 2 saturated heterocycles. The zero-order valence-electron chi connectivity index (χ0n) is 10.8. The summed E-state index contributed by atoms with van der Waals surface area (Å²) in [6.45, 7) is 3.46. The third-order valence-corrected chi connectivity index (χ3v) is 4.19. The Morgan fingerprint density at radius 3 is 2.78 bits per heavy atom. The van der Waals surface area contributed by atoms with Crippen molar-refractivity contribution in [2.24, 2.45) is 5.92 Å². The molecule has 0 N–H and O–H groups in total. The highest BCUT2D eigenvalue weighted by molar-refractivity contribution is 5.89. The van der Waals surface area contributed by atoms with E-state index in [0.29, 0.717) is 12.7 Å². The predicted octanol–water partition coefficient (Wildman–Crippen LogP) is 0.592. The van der Waals surface area contributed by atoms with Crippen molar-refractivity contribution >= 4 is 11.8 Å². The van der Waals surface area contributed by atoms with Gasteiger partial charge in [0.25, 0.3) is 0 Å². The number of carbonyl (C=O) groups is 2. The standard InChI is InChI=1S/C13H20N2O3/c1-9-11(3-2-6-18-9)13(17)14-7-12(16)15(8-14)10-4-5-10/h9-11H,2-8H2,1H3/t9-,11+/m0/s1. The van der Waals surface area contributed by atoms with E-state index in [9.17, 15) is 9.59 Å². The van der Waals surface area contributed by atoms with Crippen LogP contribution in [0.2, 0.25) is 0 Å². The minimum atomic E-state index is -0.0642. The Morgan fingerprint density at radius 2 is 2.11 bits per heavy atom. The van der Waals surface area contributed by atoms with Crippen LogP contribution < -0.4 is 0 Å². The van der Waals surface area contributed by atoms with Crippen LogP contribution in [0, 0.1) is 5.92 Å². The second-order valence-electron chi connectivity index (χ2n) is 5.60. The molecule has 2 atom stereocenters. The van der Waals surface area contributed by atoms with Crippen molar-refractivity contribution in [1.29, 1.82) is 0 Å². The average molecular weight is 252 g/mol. The van der Waals surface area contributed by atoms with Gasteiger partial charge in [-0.25, -0.2) is 0 Å². The first-order chi connectivity index (χ1) is 8.66. The van der Waals surface area contributed by atoms with Crippen molar-refractivity contribution in [3.05, 3.63) is 0 Å². The van der Waals surface area contributed by atoms with Gasteiger partial charge in [0.2, 0.25) is 11.8 Å². The molecule has 0 radical (unpaired) electrons. The first kappa shape index (κ1) is 12.0. The Balaban J connectivity index is 1.64. The lowest BCUT2D eigenvalue weighted by Gasteiger charge is -2.31. The molecule has 0 aromatic rings. The fourth-order valence-electron chi connectivity index (χ4n) is 2.90. The Hall–Kier alpha value is -1.10. The van der Waals surface area contributed by atoms with Gasteiger partial charge in [-0.2, -0.15) is 0 Å². The van der Waals surface area contributed by atoms with E-state index in [1.807, 2.05) is 11.8 Å². The molecule has 100 valence electrons. The SMILES string of the molecule is C[C@@H]1OCCC[C@H]1C(=O)N1CC(=O)N(C2CC2)C1. The van der Waals surface area contributed by atoms with E-state index in [1.54, 1.807) is 4.90 Å².